The standard InChI is InChI=1S/C16H17Cl3N4O.HI/c1-20-16(23-10-12-4-2-3-5-21-12)22-6-7-24-15-13(18)8-11(17)9-14(15)19;/h2-5,8-9H,6-7,10H2,1H3,(H2,20,22,23);1H. The van der Waals surface area contributed by atoms with E-state index in [4.69, 9.17) is 39.5 Å². The van der Waals surface area contributed by atoms with Crippen molar-refractivity contribution in [1.29, 1.82) is 0 Å². The van der Waals surface area contributed by atoms with Crippen molar-refractivity contribution in [2.45, 2.75) is 6.54 Å². The van der Waals surface area contributed by atoms with Crippen molar-refractivity contribution in [3.8, 4) is 5.75 Å². The van der Waals surface area contributed by atoms with E-state index in [1.807, 2.05) is 18.2 Å². The van der Waals surface area contributed by atoms with Gasteiger partial charge in [0.05, 0.1) is 28.8 Å². The Morgan fingerprint density at radius 3 is 2.48 bits per heavy atom. The van der Waals surface area contributed by atoms with Crippen molar-refractivity contribution in [2.24, 2.45) is 4.99 Å². The smallest absolute Gasteiger partial charge is 0.191 e. The second-order valence-corrected chi connectivity index (χ2v) is 5.97. The van der Waals surface area contributed by atoms with E-state index in [1.165, 1.54) is 0 Å². The predicted molar refractivity (Wildman–Crippen MR) is 115 cm³/mol. The van der Waals surface area contributed by atoms with Gasteiger partial charge < -0.3 is 15.4 Å². The van der Waals surface area contributed by atoms with Crippen molar-refractivity contribution < 1.29 is 4.74 Å². The lowest BCUT2D eigenvalue weighted by Gasteiger charge is -2.13. The second kappa shape index (κ2) is 11.6. The number of rotatable bonds is 6. The van der Waals surface area contributed by atoms with E-state index < -0.39 is 0 Å². The molecule has 2 N–H and O–H groups in total. The van der Waals surface area contributed by atoms with E-state index in [0.29, 0.717) is 46.5 Å². The zero-order chi connectivity index (χ0) is 17.4. The first-order valence-electron chi connectivity index (χ1n) is 7.22. The molecule has 2 rings (SSSR count). The summed E-state index contributed by atoms with van der Waals surface area (Å²) < 4.78 is 5.60. The first-order chi connectivity index (χ1) is 11.6. The second-order valence-electron chi connectivity index (χ2n) is 4.72. The van der Waals surface area contributed by atoms with Gasteiger partial charge in [-0.2, -0.15) is 0 Å². The van der Waals surface area contributed by atoms with E-state index in [0.717, 1.165) is 5.69 Å². The van der Waals surface area contributed by atoms with Crippen molar-refractivity contribution in [3.63, 3.8) is 0 Å². The highest BCUT2D eigenvalue weighted by atomic mass is 127. The molecule has 0 aliphatic carbocycles. The van der Waals surface area contributed by atoms with Gasteiger partial charge in [0.25, 0.3) is 0 Å². The molecule has 0 aliphatic rings. The van der Waals surface area contributed by atoms with Crippen molar-refractivity contribution in [2.75, 3.05) is 20.2 Å². The first kappa shape index (κ1) is 22.1. The normalized spacial score (nSPS) is 10.8. The number of nitrogens with zero attached hydrogens (tertiary/aromatic N) is 2. The van der Waals surface area contributed by atoms with Gasteiger partial charge in [-0.05, 0) is 24.3 Å². The van der Waals surface area contributed by atoms with Crippen LogP contribution in [0.3, 0.4) is 0 Å². The van der Waals surface area contributed by atoms with Crippen LogP contribution in [-0.4, -0.2) is 31.1 Å². The zero-order valence-corrected chi connectivity index (χ0v) is 18.0. The summed E-state index contributed by atoms with van der Waals surface area (Å²) >= 11 is 18.0. The maximum absolute atomic E-state index is 6.06. The third-order valence-corrected chi connectivity index (χ3v) is 3.77. The molecule has 0 radical (unpaired) electrons. The Morgan fingerprint density at radius 1 is 1.16 bits per heavy atom. The lowest BCUT2D eigenvalue weighted by atomic mass is 10.3. The minimum absolute atomic E-state index is 0. The molecule has 5 nitrogen and oxygen atoms in total. The number of benzene rings is 1. The highest BCUT2D eigenvalue weighted by Gasteiger charge is 2.09. The van der Waals surface area contributed by atoms with Crippen LogP contribution in [0.15, 0.2) is 41.5 Å². The fraction of sp³-hybridized carbons (Fsp3) is 0.250. The molecule has 1 aromatic carbocycles. The van der Waals surface area contributed by atoms with Crippen LogP contribution in [0.2, 0.25) is 15.1 Å². The van der Waals surface area contributed by atoms with Crippen LogP contribution < -0.4 is 15.4 Å². The molecule has 9 heteroatoms. The summed E-state index contributed by atoms with van der Waals surface area (Å²) in [6.07, 6.45) is 1.75. The van der Waals surface area contributed by atoms with E-state index in [1.54, 1.807) is 25.4 Å². The molecule has 1 aromatic heterocycles. The molecule has 0 unspecified atom stereocenters. The Kier molecular flexibility index (Phi) is 10.3. The Labute approximate surface area is 179 Å². The minimum atomic E-state index is 0. The average Bonchev–Trinajstić information content (AvgIpc) is 2.57. The van der Waals surface area contributed by atoms with Gasteiger partial charge in [-0.1, -0.05) is 40.9 Å². The van der Waals surface area contributed by atoms with Crippen molar-refractivity contribution >= 4 is 64.7 Å². The maximum Gasteiger partial charge on any atom is 0.191 e. The Balaban J connectivity index is 0.00000312. The minimum Gasteiger partial charge on any atom is -0.489 e. The molecule has 25 heavy (non-hydrogen) atoms. The molecular weight excluding hydrogens is 497 g/mol. The summed E-state index contributed by atoms with van der Waals surface area (Å²) in [7, 11) is 1.70. The molecule has 0 spiro atoms. The predicted octanol–water partition coefficient (Wildman–Crippen LogP) is 4.40. The lowest BCUT2D eigenvalue weighted by molar-refractivity contribution is 0.322. The van der Waals surface area contributed by atoms with Gasteiger partial charge in [-0.25, -0.2) is 0 Å². The van der Waals surface area contributed by atoms with E-state index in [-0.39, 0.29) is 24.0 Å². The third kappa shape index (κ3) is 7.43. The third-order valence-electron chi connectivity index (χ3n) is 2.99. The number of aromatic nitrogens is 1. The van der Waals surface area contributed by atoms with Crippen LogP contribution in [-0.2, 0) is 6.54 Å². The molecule has 1 heterocycles. The number of hydrogen-bond acceptors (Lipinski definition) is 3. The zero-order valence-electron chi connectivity index (χ0n) is 13.4. The molecule has 0 bridgehead atoms. The van der Waals surface area contributed by atoms with Gasteiger partial charge in [0.15, 0.2) is 11.7 Å². The number of guanidine groups is 1. The number of pyridine rings is 1. The summed E-state index contributed by atoms with van der Waals surface area (Å²) in [5.74, 6) is 1.07. The fourth-order valence-electron chi connectivity index (χ4n) is 1.89. The number of halogens is 4. The van der Waals surface area contributed by atoms with Crippen LogP contribution in [0.5, 0.6) is 5.75 Å². The van der Waals surface area contributed by atoms with Crippen LogP contribution in [0.25, 0.3) is 0 Å². The molecule has 0 atom stereocenters. The molecule has 2 aromatic rings. The molecular formula is C16H18Cl3IN4O. The SMILES string of the molecule is CN=C(NCCOc1c(Cl)cc(Cl)cc1Cl)NCc1ccccn1.I. The number of hydrogen-bond donors (Lipinski definition) is 2. The number of nitrogens with one attached hydrogen (secondary N) is 2. The molecule has 0 saturated heterocycles. The van der Waals surface area contributed by atoms with Gasteiger partial charge >= 0.3 is 0 Å². The largest absolute Gasteiger partial charge is 0.489 e. The summed E-state index contributed by atoms with van der Waals surface area (Å²) in [6, 6.07) is 8.93. The topological polar surface area (TPSA) is 58.5 Å². The lowest BCUT2D eigenvalue weighted by Crippen LogP contribution is -2.39. The summed E-state index contributed by atoms with van der Waals surface area (Å²) in [5, 5.41) is 7.53. The highest BCUT2D eigenvalue weighted by Crippen LogP contribution is 2.35. The van der Waals surface area contributed by atoms with Crippen LogP contribution in [0.1, 0.15) is 5.69 Å². The molecule has 136 valence electrons. The van der Waals surface area contributed by atoms with E-state index in [9.17, 15) is 0 Å². The summed E-state index contributed by atoms with van der Waals surface area (Å²) in [5.41, 5.74) is 0.927. The van der Waals surface area contributed by atoms with Crippen molar-refractivity contribution in [1.82, 2.24) is 15.6 Å². The van der Waals surface area contributed by atoms with E-state index in [2.05, 4.69) is 20.6 Å². The molecule has 0 amide bonds. The van der Waals surface area contributed by atoms with E-state index >= 15 is 0 Å². The molecule has 0 aliphatic heterocycles. The van der Waals surface area contributed by atoms with Gasteiger partial charge in [-0.15, -0.1) is 24.0 Å². The summed E-state index contributed by atoms with van der Waals surface area (Å²) in [6.45, 7) is 1.47. The molecule has 0 fully saturated rings. The Morgan fingerprint density at radius 2 is 1.88 bits per heavy atom. The monoisotopic (exact) mass is 514 g/mol. The average molecular weight is 516 g/mol. The Bertz CT molecular complexity index is 678. The summed E-state index contributed by atoms with van der Waals surface area (Å²) in [4.78, 5) is 8.37. The van der Waals surface area contributed by atoms with Crippen molar-refractivity contribution in [3.05, 3.63) is 57.3 Å². The quantitative estimate of drug-likeness (QED) is 0.259. The van der Waals surface area contributed by atoms with Gasteiger partial charge in [0.1, 0.15) is 6.61 Å². The van der Waals surface area contributed by atoms with Gasteiger partial charge in [0, 0.05) is 18.3 Å². The van der Waals surface area contributed by atoms with Crippen LogP contribution in [0.4, 0.5) is 0 Å². The van der Waals surface area contributed by atoms with Crippen LogP contribution >= 0.6 is 58.8 Å². The number of aliphatic imine (C=N–C) groups is 1. The fourth-order valence-corrected chi connectivity index (χ4v) is 2.81. The Hall–Kier alpha value is -0.960. The maximum atomic E-state index is 6.06. The van der Waals surface area contributed by atoms with Gasteiger partial charge in [-0.3, -0.25) is 9.98 Å². The molecule has 0 saturated carbocycles. The number of ether oxygens (including phenoxy) is 1. The van der Waals surface area contributed by atoms with Gasteiger partial charge in [0.2, 0.25) is 0 Å². The highest BCUT2D eigenvalue weighted by molar-refractivity contribution is 14.0. The van der Waals surface area contributed by atoms with Crippen LogP contribution in [0, 0.1) is 0 Å². The first-order valence-corrected chi connectivity index (χ1v) is 8.35.